The number of fused-ring (bicyclic) bond motifs is 1. The van der Waals surface area contributed by atoms with E-state index in [0.29, 0.717) is 12.1 Å². The van der Waals surface area contributed by atoms with Gasteiger partial charge in [-0.25, -0.2) is 14.8 Å². The van der Waals surface area contributed by atoms with Crippen LogP contribution in [-0.4, -0.2) is 34.1 Å². The van der Waals surface area contributed by atoms with Crippen molar-refractivity contribution in [3.8, 4) is 5.88 Å². The second-order valence-electron chi connectivity index (χ2n) is 4.64. The third-order valence-electron chi connectivity index (χ3n) is 3.00. The minimum atomic E-state index is -4.95. The van der Waals surface area contributed by atoms with Gasteiger partial charge in [-0.15, -0.1) is 0 Å². The van der Waals surface area contributed by atoms with Gasteiger partial charge in [-0.2, -0.15) is 13.2 Å². The first-order valence-electron chi connectivity index (χ1n) is 7.06. The lowest BCUT2D eigenvalue weighted by Crippen LogP contribution is -2.13. The molecule has 0 fully saturated rings. The number of carbonyl (C=O) groups is 1. The minimum Gasteiger partial charge on any atom is -0.476 e. The normalized spacial score (nSPS) is 11.4. The van der Waals surface area contributed by atoms with E-state index in [4.69, 9.17) is 9.47 Å². The lowest BCUT2D eigenvalue weighted by atomic mass is 10.1. The van der Waals surface area contributed by atoms with Gasteiger partial charge >= 0.3 is 12.1 Å². The van der Waals surface area contributed by atoms with Crippen LogP contribution in [0, 0.1) is 10.1 Å². The van der Waals surface area contributed by atoms with E-state index in [9.17, 15) is 28.1 Å². The van der Waals surface area contributed by atoms with Crippen molar-refractivity contribution in [3.05, 3.63) is 33.5 Å². The molecular formula is C14H12F3N3O5. The van der Waals surface area contributed by atoms with Crippen molar-refractivity contribution in [2.75, 3.05) is 13.2 Å². The van der Waals surface area contributed by atoms with E-state index in [1.807, 2.05) is 0 Å². The summed E-state index contributed by atoms with van der Waals surface area (Å²) in [6.07, 6.45) is -4.95. The standard InChI is InChI=1S/C14H12F3N3O5/c1-3-24-12-11(13(21)25-4-2)18-9-6-10(20(22)23)7(14(15,16)17)5-8(9)19-12/h5-6H,3-4H2,1-2H3. The van der Waals surface area contributed by atoms with Crippen LogP contribution in [0.1, 0.15) is 29.9 Å². The van der Waals surface area contributed by atoms with Gasteiger partial charge in [0.15, 0.2) is 0 Å². The molecule has 2 aromatic rings. The van der Waals surface area contributed by atoms with Gasteiger partial charge in [0.2, 0.25) is 11.6 Å². The molecule has 0 bridgehead atoms. The molecule has 0 N–H and O–H groups in total. The minimum absolute atomic E-state index is 0.0251. The molecule has 0 amide bonds. The Hall–Kier alpha value is -2.98. The fourth-order valence-electron chi connectivity index (χ4n) is 2.02. The topological polar surface area (TPSA) is 104 Å². The van der Waals surface area contributed by atoms with Gasteiger partial charge in [0.25, 0.3) is 5.69 Å². The summed E-state index contributed by atoms with van der Waals surface area (Å²) in [5, 5.41) is 10.9. The Morgan fingerprint density at radius 2 is 1.84 bits per heavy atom. The van der Waals surface area contributed by atoms with Crippen molar-refractivity contribution < 1.29 is 32.4 Å². The summed E-state index contributed by atoms with van der Waals surface area (Å²) < 4.78 is 49.0. The number of hydrogen-bond donors (Lipinski definition) is 0. The maximum atomic E-state index is 13.0. The number of alkyl halides is 3. The molecule has 0 saturated carbocycles. The fourth-order valence-corrected chi connectivity index (χ4v) is 2.02. The molecule has 0 unspecified atom stereocenters. The van der Waals surface area contributed by atoms with Crippen LogP contribution >= 0.6 is 0 Å². The molecule has 0 saturated heterocycles. The van der Waals surface area contributed by atoms with Crippen molar-refractivity contribution >= 4 is 22.7 Å². The van der Waals surface area contributed by atoms with Crippen molar-refractivity contribution in [1.82, 2.24) is 9.97 Å². The van der Waals surface area contributed by atoms with E-state index in [1.165, 1.54) is 0 Å². The lowest BCUT2D eigenvalue weighted by molar-refractivity contribution is -0.387. The summed E-state index contributed by atoms with van der Waals surface area (Å²) in [7, 11) is 0. The van der Waals surface area contributed by atoms with Gasteiger partial charge in [0.1, 0.15) is 5.56 Å². The van der Waals surface area contributed by atoms with Crippen LogP contribution in [0.25, 0.3) is 11.0 Å². The zero-order chi connectivity index (χ0) is 18.8. The van der Waals surface area contributed by atoms with E-state index in [0.717, 1.165) is 0 Å². The van der Waals surface area contributed by atoms with Gasteiger partial charge in [-0.05, 0) is 19.9 Å². The summed E-state index contributed by atoms with van der Waals surface area (Å²) in [4.78, 5) is 29.4. The smallest absolute Gasteiger partial charge is 0.423 e. The second kappa shape index (κ2) is 6.87. The average Bonchev–Trinajstić information content (AvgIpc) is 2.52. The number of benzene rings is 1. The number of nitro groups is 1. The van der Waals surface area contributed by atoms with E-state index < -0.39 is 28.3 Å². The first-order valence-corrected chi connectivity index (χ1v) is 7.06. The van der Waals surface area contributed by atoms with Crippen LogP contribution in [0.4, 0.5) is 18.9 Å². The van der Waals surface area contributed by atoms with Gasteiger partial charge < -0.3 is 9.47 Å². The number of nitrogens with zero attached hydrogens (tertiary/aromatic N) is 3. The number of aromatic nitrogens is 2. The summed E-state index contributed by atoms with van der Waals surface area (Å²) in [5.74, 6) is -1.21. The monoisotopic (exact) mass is 359 g/mol. The number of hydrogen-bond acceptors (Lipinski definition) is 7. The molecule has 2 rings (SSSR count). The van der Waals surface area contributed by atoms with Gasteiger partial charge in [0.05, 0.1) is 29.2 Å². The van der Waals surface area contributed by atoms with Crippen LogP contribution in [-0.2, 0) is 10.9 Å². The maximum absolute atomic E-state index is 13.0. The number of nitro benzene ring substituents is 1. The molecule has 1 heterocycles. The third-order valence-corrected chi connectivity index (χ3v) is 3.00. The van der Waals surface area contributed by atoms with E-state index in [2.05, 4.69) is 9.97 Å². The Bertz CT molecular complexity index is 839. The highest BCUT2D eigenvalue weighted by Crippen LogP contribution is 2.38. The molecule has 8 nitrogen and oxygen atoms in total. The zero-order valence-electron chi connectivity index (χ0n) is 13.1. The molecule has 11 heteroatoms. The fraction of sp³-hybridized carbons (Fsp3) is 0.357. The van der Waals surface area contributed by atoms with Crippen LogP contribution in [0.2, 0.25) is 0 Å². The number of esters is 1. The highest BCUT2D eigenvalue weighted by Gasteiger charge is 2.39. The molecule has 0 atom stereocenters. The van der Waals surface area contributed by atoms with Crippen molar-refractivity contribution in [2.24, 2.45) is 0 Å². The molecule has 1 aromatic carbocycles. The van der Waals surface area contributed by atoms with Gasteiger partial charge in [0, 0.05) is 6.07 Å². The zero-order valence-corrected chi connectivity index (χ0v) is 13.1. The molecule has 0 radical (unpaired) electrons. The highest BCUT2D eigenvalue weighted by atomic mass is 19.4. The lowest BCUT2D eigenvalue weighted by Gasteiger charge is -2.11. The Kier molecular flexibility index (Phi) is 5.04. The molecule has 25 heavy (non-hydrogen) atoms. The third kappa shape index (κ3) is 3.75. The van der Waals surface area contributed by atoms with Gasteiger partial charge in [-0.3, -0.25) is 10.1 Å². The number of ether oxygens (including phenoxy) is 2. The number of carbonyl (C=O) groups excluding carboxylic acids is 1. The maximum Gasteiger partial charge on any atom is 0.423 e. The predicted molar refractivity (Wildman–Crippen MR) is 78.3 cm³/mol. The molecule has 134 valence electrons. The predicted octanol–water partition coefficient (Wildman–Crippen LogP) is 3.13. The van der Waals surface area contributed by atoms with Crippen LogP contribution in [0.5, 0.6) is 5.88 Å². The largest absolute Gasteiger partial charge is 0.476 e. The first-order chi connectivity index (χ1) is 11.7. The quantitative estimate of drug-likeness (QED) is 0.459. The summed E-state index contributed by atoms with van der Waals surface area (Å²) in [6.45, 7) is 3.23. The Morgan fingerprint density at radius 1 is 1.20 bits per heavy atom. The average molecular weight is 359 g/mol. The number of halogens is 3. The van der Waals surface area contributed by atoms with Crippen molar-refractivity contribution in [3.63, 3.8) is 0 Å². The van der Waals surface area contributed by atoms with E-state index in [1.54, 1.807) is 13.8 Å². The van der Waals surface area contributed by atoms with Crippen molar-refractivity contribution in [1.29, 1.82) is 0 Å². The van der Waals surface area contributed by atoms with E-state index >= 15 is 0 Å². The van der Waals surface area contributed by atoms with Crippen LogP contribution < -0.4 is 4.74 Å². The van der Waals surface area contributed by atoms with Crippen LogP contribution in [0.3, 0.4) is 0 Å². The molecule has 0 aliphatic carbocycles. The summed E-state index contributed by atoms with van der Waals surface area (Å²) in [6, 6.07) is 1.11. The van der Waals surface area contributed by atoms with E-state index in [-0.39, 0.29) is 35.8 Å². The molecule has 0 aliphatic rings. The number of rotatable bonds is 5. The summed E-state index contributed by atoms with van der Waals surface area (Å²) in [5.41, 5.74) is -3.58. The Balaban J connectivity index is 2.76. The van der Waals surface area contributed by atoms with Crippen molar-refractivity contribution in [2.45, 2.75) is 20.0 Å². The second-order valence-corrected chi connectivity index (χ2v) is 4.64. The van der Waals surface area contributed by atoms with Crippen LogP contribution in [0.15, 0.2) is 12.1 Å². The van der Waals surface area contributed by atoms with Gasteiger partial charge in [-0.1, -0.05) is 0 Å². The summed E-state index contributed by atoms with van der Waals surface area (Å²) >= 11 is 0. The Labute approximate surface area is 138 Å². The molecular weight excluding hydrogens is 347 g/mol. The highest BCUT2D eigenvalue weighted by molar-refractivity contribution is 5.93. The Morgan fingerprint density at radius 3 is 2.36 bits per heavy atom. The molecule has 0 spiro atoms. The molecule has 0 aliphatic heterocycles. The SMILES string of the molecule is CCOC(=O)c1nc2cc([N+](=O)[O-])c(C(F)(F)F)cc2nc1OCC. The first kappa shape index (κ1) is 18.4. The molecule has 1 aromatic heterocycles.